The van der Waals surface area contributed by atoms with Gasteiger partial charge in [-0.25, -0.2) is 4.79 Å². The minimum Gasteiger partial charge on any atom is -0.422 e. The number of nitro groups is 1. The summed E-state index contributed by atoms with van der Waals surface area (Å²) in [5.41, 5.74) is 1.10. The van der Waals surface area contributed by atoms with Gasteiger partial charge in [0.1, 0.15) is 5.75 Å². The number of esters is 1. The molecule has 0 aliphatic rings. The molecule has 0 aromatic heterocycles. The van der Waals surface area contributed by atoms with Crippen LogP contribution in [0, 0.1) is 10.1 Å². The Balaban J connectivity index is 2.30. The summed E-state index contributed by atoms with van der Waals surface area (Å²) in [6.45, 7) is 1.99. The van der Waals surface area contributed by atoms with E-state index in [0.29, 0.717) is 12.0 Å². The van der Waals surface area contributed by atoms with Crippen molar-refractivity contribution >= 4 is 11.7 Å². The molecule has 2 aromatic rings. The maximum Gasteiger partial charge on any atom is 0.343 e. The van der Waals surface area contributed by atoms with Crippen molar-refractivity contribution in [3.05, 3.63) is 69.8 Å². The van der Waals surface area contributed by atoms with Crippen molar-refractivity contribution in [1.29, 1.82) is 0 Å². The molecule has 0 spiro atoms. The van der Waals surface area contributed by atoms with E-state index in [2.05, 4.69) is 0 Å². The van der Waals surface area contributed by atoms with Gasteiger partial charge in [0.2, 0.25) is 0 Å². The van der Waals surface area contributed by atoms with Gasteiger partial charge in [-0.3, -0.25) is 10.1 Å². The fourth-order valence-electron chi connectivity index (χ4n) is 1.96. The smallest absolute Gasteiger partial charge is 0.343 e. The molecule has 0 fully saturated rings. The zero-order chi connectivity index (χ0) is 15.2. The van der Waals surface area contributed by atoms with Crippen molar-refractivity contribution in [2.75, 3.05) is 0 Å². The molecular formula is C16H15NO4. The highest BCUT2D eigenvalue weighted by Crippen LogP contribution is 2.26. The molecule has 5 nitrogen and oxygen atoms in total. The largest absolute Gasteiger partial charge is 0.422 e. The zero-order valence-corrected chi connectivity index (χ0v) is 11.6. The first-order valence-electron chi connectivity index (χ1n) is 6.66. The van der Waals surface area contributed by atoms with E-state index in [9.17, 15) is 14.9 Å². The molecule has 0 saturated carbocycles. The third kappa shape index (κ3) is 3.66. The minimum absolute atomic E-state index is 0.0919. The topological polar surface area (TPSA) is 69.4 Å². The molecule has 0 aliphatic carbocycles. The van der Waals surface area contributed by atoms with Crippen LogP contribution in [-0.2, 0) is 6.42 Å². The minimum atomic E-state index is -0.520. The van der Waals surface area contributed by atoms with Gasteiger partial charge in [0, 0.05) is 6.07 Å². The molecule has 0 N–H and O–H groups in total. The van der Waals surface area contributed by atoms with Gasteiger partial charge in [-0.2, -0.15) is 0 Å². The summed E-state index contributed by atoms with van der Waals surface area (Å²) < 4.78 is 5.33. The Hall–Kier alpha value is -2.69. The lowest BCUT2D eigenvalue weighted by Gasteiger charge is -2.09. The van der Waals surface area contributed by atoms with E-state index in [1.807, 2.05) is 6.92 Å². The molecule has 0 heterocycles. The molecule has 21 heavy (non-hydrogen) atoms. The van der Waals surface area contributed by atoms with Crippen LogP contribution in [0.1, 0.15) is 29.3 Å². The highest BCUT2D eigenvalue weighted by atomic mass is 16.6. The SMILES string of the molecule is CCCc1ccc([N+](=O)[O-])cc1OC(=O)c1ccccc1. The van der Waals surface area contributed by atoms with E-state index in [1.54, 1.807) is 36.4 Å². The lowest BCUT2D eigenvalue weighted by atomic mass is 10.1. The number of carbonyl (C=O) groups excluding carboxylic acids is 1. The molecule has 0 saturated heterocycles. The van der Waals surface area contributed by atoms with Crippen molar-refractivity contribution in [2.24, 2.45) is 0 Å². The van der Waals surface area contributed by atoms with Gasteiger partial charge in [-0.15, -0.1) is 0 Å². The quantitative estimate of drug-likeness (QED) is 0.363. The Morgan fingerprint density at radius 3 is 2.52 bits per heavy atom. The number of ether oxygens (including phenoxy) is 1. The number of benzene rings is 2. The second-order valence-corrected chi connectivity index (χ2v) is 4.55. The van der Waals surface area contributed by atoms with Crippen LogP contribution in [0.4, 0.5) is 5.69 Å². The predicted molar refractivity (Wildman–Crippen MR) is 78.5 cm³/mol. The summed E-state index contributed by atoms with van der Waals surface area (Å²) in [5, 5.41) is 10.8. The summed E-state index contributed by atoms with van der Waals surface area (Å²) >= 11 is 0. The van der Waals surface area contributed by atoms with Crippen molar-refractivity contribution in [2.45, 2.75) is 19.8 Å². The lowest BCUT2D eigenvalue weighted by Crippen LogP contribution is -2.10. The number of rotatable bonds is 5. The van der Waals surface area contributed by atoms with E-state index in [4.69, 9.17) is 4.74 Å². The molecule has 2 rings (SSSR count). The lowest BCUT2D eigenvalue weighted by molar-refractivity contribution is -0.384. The third-order valence-electron chi connectivity index (χ3n) is 2.99. The highest BCUT2D eigenvalue weighted by Gasteiger charge is 2.15. The van der Waals surface area contributed by atoms with Crippen molar-refractivity contribution in [1.82, 2.24) is 0 Å². The fourth-order valence-corrected chi connectivity index (χ4v) is 1.96. The van der Waals surface area contributed by atoms with Crippen LogP contribution in [0.2, 0.25) is 0 Å². The first kappa shape index (κ1) is 14.7. The van der Waals surface area contributed by atoms with Gasteiger partial charge >= 0.3 is 5.97 Å². The number of aryl methyl sites for hydroxylation is 1. The number of nitrogens with zero attached hydrogens (tertiary/aromatic N) is 1. The highest BCUT2D eigenvalue weighted by molar-refractivity contribution is 5.91. The molecule has 0 radical (unpaired) electrons. The Morgan fingerprint density at radius 1 is 1.19 bits per heavy atom. The van der Waals surface area contributed by atoms with E-state index in [-0.39, 0.29) is 11.4 Å². The number of hydrogen-bond donors (Lipinski definition) is 0. The standard InChI is InChI=1S/C16H15NO4/c1-2-6-12-9-10-14(17(19)20)11-15(12)21-16(18)13-7-4-3-5-8-13/h3-5,7-11H,2,6H2,1H3. The maximum atomic E-state index is 12.1. The van der Waals surface area contributed by atoms with Gasteiger partial charge in [0.05, 0.1) is 16.6 Å². The van der Waals surface area contributed by atoms with Crippen LogP contribution in [0.25, 0.3) is 0 Å². The molecule has 0 amide bonds. The second kappa shape index (κ2) is 6.65. The fraction of sp³-hybridized carbons (Fsp3) is 0.188. The van der Waals surface area contributed by atoms with Crippen LogP contribution < -0.4 is 4.74 Å². The van der Waals surface area contributed by atoms with Crippen LogP contribution in [0.5, 0.6) is 5.75 Å². The average molecular weight is 285 g/mol. The summed E-state index contributed by atoms with van der Waals surface area (Å²) in [6, 6.07) is 12.9. The molecule has 0 unspecified atom stereocenters. The number of non-ortho nitro benzene ring substituents is 1. The molecule has 0 aliphatic heterocycles. The van der Waals surface area contributed by atoms with Gasteiger partial charge < -0.3 is 4.74 Å². The van der Waals surface area contributed by atoms with E-state index in [1.165, 1.54) is 12.1 Å². The van der Waals surface area contributed by atoms with Gasteiger partial charge in [0.15, 0.2) is 0 Å². The Labute approximate surface area is 122 Å². The summed E-state index contributed by atoms with van der Waals surface area (Å²) in [7, 11) is 0. The normalized spacial score (nSPS) is 10.1. The van der Waals surface area contributed by atoms with E-state index in [0.717, 1.165) is 12.0 Å². The van der Waals surface area contributed by atoms with Crippen LogP contribution in [-0.4, -0.2) is 10.9 Å². The first-order valence-corrected chi connectivity index (χ1v) is 6.66. The number of nitro benzene ring substituents is 1. The Kier molecular flexibility index (Phi) is 4.66. The van der Waals surface area contributed by atoms with Crippen LogP contribution in [0.3, 0.4) is 0 Å². The average Bonchev–Trinajstić information content (AvgIpc) is 2.50. The van der Waals surface area contributed by atoms with Crippen LogP contribution in [0.15, 0.2) is 48.5 Å². The predicted octanol–water partition coefficient (Wildman–Crippen LogP) is 3.77. The van der Waals surface area contributed by atoms with Crippen LogP contribution >= 0.6 is 0 Å². The number of hydrogen-bond acceptors (Lipinski definition) is 4. The summed E-state index contributed by atoms with van der Waals surface area (Å²) in [5.74, 6) is -0.270. The Bertz CT molecular complexity index is 653. The molecule has 5 heteroatoms. The van der Waals surface area contributed by atoms with E-state index < -0.39 is 10.9 Å². The number of carbonyl (C=O) groups is 1. The van der Waals surface area contributed by atoms with Gasteiger partial charge in [0.25, 0.3) is 5.69 Å². The van der Waals surface area contributed by atoms with E-state index >= 15 is 0 Å². The maximum absolute atomic E-state index is 12.1. The zero-order valence-electron chi connectivity index (χ0n) is 11.6. The monoisotopic (exact) mass is 285 g/mol. The van der Waals surface area contributed by atoms with Gasteiger partial charge in [-0.05, 0) is 30.2 Å². The van der Waals surface area contributed by atoms with Gasteiger partial charge in [-0.1, -0.05) is 31.5 Å². The molecule has 108 valence electrons. The third-order valence-corrected chi connectivity index (χ3v) is 2.99. The molecular weight excluding hydrogens is 270 g/mol. The molecule has 0 atom stereocenters. The second-order valence-electron chi connectivity index (χ2n) is 4.55. The van der Waals surface area contributed by atoms with Crippen molar-refractivity contribution < 1.29 is 14.5 Å². The first-order chi connectivity index (χ1) is 10.1. The molecule has 2 aromatic carbocycles. The van der Waals surface area contributed by atoms with Crippen molar-refractivity contribution in [3.8, 4) is 5.75 Å². The summed E-state index contributed by atoms with van der Waals surface area (Å²) in [4.78, 5) is 22.4. The molecule has 0 bridgehead atoms. The summed E-state index contributed by atoms with van der Waals surface area (Å²) in [6.07, 6.45) is 1.54. The Morgan fingerprint density at radius 2 is 1.90 bits per heavy atom. The van der Waals surface area contributed by atoms with Crippen molar-refractivity contribution in [3.63, 3.8) is 0 Å².